The summed E-state index contributed by atoms with van der Waals surface area (Å²) in [5.74, 6) is 0. The van der Waals surface area contributed by atoms with Crippen LogP contribution in [0.3, 0.4) is 0 Å². The van der Waals surface area contributed by atoms with Gasteiger partial charge in [0, 0.05) is 36.3 Å². The van der Waals surface area contributed by atoms with E-state index in [1.807, 2.05) is 77.9 Å². The zero-order valence-electron chi connectivity index (χ0n) is 22.9. The maximum absolute atomic E-state index is 11.7. The van der Waals surface area contributed by atoms with Gasteiger partial charge in [-0.05, 0) is 53.7 Å². The Hall–Kier alpha value is -4.08. The lowest BCUT2D eigenvalue weighted by Crippen LogP contribution is -2.33. The van der Waals surface area contributed by atoms with Crippen LogP contribution in [0.15, 0.2) is 46.4 Å². The van der Waals surface area contributed by atoms with Gasteiger partial charge in [0.1, 0.15) is 11.2 Å². The van der Waals surface area contributed by atoms with E-state index in [1.165, 1.54) is 0 Å². The van der Waals surface area contributed by atoms with Crippen molar-refractivity contribution >= 4 is 46.4 Å². The summed E-state index contributed by atoms with van der Waals surface area (Å²) in [6.45, 7) is 12.4. The van der Waals surface area contributed by atoms with Crippen molar-refractivity contribution in [2.75, 3.05) is 26.2 Å². The molecule has 0 spiro atoms. The highest BCUT2D eigenvalue weighted by Gasteiger charge is 2.16. The molecule has 2 heterocycles. The Balaban J connectivity index is 1.63. The van der Waals surface area contributed by atoms with E-state index in [1.54, 1.807) is 12.4 Å². The number of ether oxygens (including phenoxy) is 2. The number of carbonyl (C=O) groups is 2. The van der Waals surface area contributed by atoms with Crippen LogP contribution in [-0.4, -0.2) is 72.0 Å². The average Bonchev–Trinajstić information content (AvgIpc) is 2.81. The van der Waals surface area contributed by atoms with Gasteiger partial charge in [0.25, 0.3) is 0 Å². The van der Waals surface area contributed by atoms with Gasteiger partial charge in [0.05, 0.1) is 35.5 Å². The quantitative estimate of drug-likeness (QED) is 0.252. The topological polar surface area (TPSA) is 127 Å². The van der Waals surface area contributed by atoms with Crippen molar-refractivity contribution in [3.63, 3.8) is 0 Å². The molecule has 38 heavy (non-hydrogen) atoms. The number of pyridine rings is 2. The van der Waals surface area contributed by atoms with E-state index < -0.39 is 23.4 Å². The smallest absolute Gasteiger partial charge is 0.407 e. The van der Waals surface area contributed by atoms with Crippen molar-refractivity contribution in [2.24, 2.45) is 9.98 Å². The van der Waals surface area contributed by atoms with Gasteiger partial charge in [-0.2, -0.15) is 0 Å². The van der Waals surface area contributed by atoms with E-state index in [9.17, 15) is 9.59 Å². The number of aromatic nitrogens is 2. The third-order valence-corrected chi connectivity index (χ3v) is 4.83. The van der Waals surface area contributed by atoms with Crippen LogP contribution < -0.4 is 10.6 Å². The molecular weight excluding hydrogens is 484 g/mol. The van der Waals surface area contributed by atoms with E-state index in [-0.39, 0.29) is 0 Å². The number of alkyl carbamates (subject to hydrolysis) is 2. The van der Waals surface area contributed by atoms with Crippen LogP contribution in [0.1, 0.15) is 52.9 Å². The molecule has 202 valence electrons. The number of nitrogens with zero attached hydrogens (tertiary/aromatic N) is 4. The molecule has 0 aliphatic carbocycles. The lowest BCUT2D eigenvalue weighted by Gasteiger charge is -2.19. The molecule has 2 N–H and O–H groups in total. The Bertz CT molecular complexity index is 1240. The van der Waals surface area contributed by atoms with Crippen LogP contribution in [0.25, 0.3) is 21.8 Å². The second-order valence-corrected chi connectivity index (χ2v) is 10.6. The van der Waals surface area contributed by atoms with Crippen LogP contribution >= 0.6 is 0 Å². The van der Waals surface area contributed by atoms with Gasteiger partial charge >= 0.3 is 12.2 Å². The minimum atomic E-state index is -0.538. The molecule has 0 saturated heterocycles. The first-order valence-corrected chi connectivity index (χ1v) is 12.5. The molecule has 0 bridgehead atoms. The Morgan fingerprint density at radius 3 is 1.45 bits per heavy atom. The first-order chi connectivity index (χ1) is 17.9. The summed E-state index contributed by atoms with van der Waals surface area (Å²) >= 11 is 0. The Labute approximate surface area is 223 Å². The summed E-state index contributed by atoms with van der Waals surface area (Å²) in [5.41, 5.74) is 1.83. The number of hydrogen-bond donors (Lipinski definition) is 2. The molecule has 0 unspecified atom stereocenters. The third-order valence-electron chi connectivity index (χ3n) is 4.83. The molecule has 0 aliphatic heterocycles. The number of benzene rings is 1. The fourth-order valence-corrected chi connectivity index (χ4v) is 3.33. The zero-order valence-corrected chi connectivity index (χ0v) is 22.9. The van der Waals surface area contributed by atoms with Crippen molar-refractivity contribution in [2.45, 2.75) is 52.7 Å². The zero-order chi connectivity index (χ0) is 27.8. The summed E-state index contributed by atoms with van der Waals surface area (Å²) < 4.78 is 10.4. The van der Waals surface area contributed by atoms with Gasteiger partial charge in [0.2, 0.25) is 0 Å². The molecule has 10 nitrogen and oxygen atoms in total. The number of rotatable bonds is 8. The SMILES string of the molecule is CC(C)(C)OC(=O)NCCN=Cc1ccc2ccc3ccc(C=NCCNC(=O)OC(C)(C)C)nc3c2n1. The highest BCUT2D eigenvalue weighted by atomic mass is 16.6. The molecule has 0 aliphatic rings. The van der Waals surface area contributed by atoms with Gasteiger partial charge in [-0.15, -0.1) is 0 Å². The number of nitrogens with one attached hydrogen (secondary N) is 2. The Morgan fingerprint density at radius 2 is 1.08 bits per heavy atom. The number of carbonyl (C=O) groups excluding carboxylic acids is 2. The molecule has 10 heteroatoms. The maximum Gasteiger partial charge on any atom is 0.407 e. The van der Waals surface area contributed by atoms with Crippen LogP contribution in [0.5, 0.6) is 0 Å². The van der Waals surface area contributed by atoms with E-state index >= 15 is 0 Å². The summed E-state index contributed by atoms with van der Waals surface area (Å²) in [4.78, 5) is 41.7. The van der Waals surface area contributed by atoms with Crippen molar-refractivity contribution < 1.29 is 19.1 Å². The van der Waals surface area contributed by atoms with Gasteiger partial charge in [0.15, 0.2) is 0 Å². The first kappa shape index (κ1) is 28.5. The van der Waals surface area contributed by atoms with E-state index in [0.717, 1.165) is 21.8 Å². The van der Waals surface area contributed by atoms with Gasteiger partial charge in [-0.1, -0.05) is 24.3 Å². The van der Waals surface area contributed by atoms with Crippen LogP contribution in [0.4, 0.5) is 9.59 Å². The second-order valence-electron chi connectivity index (χ2n) is 10.6. The molecular formula is C28H36N6O4. The third kappa shape index (κ3) is 9.42. The number of hydrogen-bond acceptors (Lipinski definition) is 8. The molecule has 3 rings (SSSR count). The van der Waals surface area contributed by atoms with Crippen molar-refractivity contribution in [1.29, 1.82) is 0 Å². The van der Waals surface area contributed by atoms with E-state index in [4.69, 9.17) is 19.4 Å². The monoisotopic (exact) mass is 520 g/mol. The van der Waals surface area contributed by atoms with E-state index in [0.29, 0.717) is 37.6 Å². The fourth-order valence-electron chi connectivity index (χ4n) is 3.33. The van der Waals surface area contributed by atoms with Crippen molar-refractivity contribution in [3.05, 3.63) is 47.8 Å². The first-order valence-electron chi connectivity index (χ1n) is 12.5. The lowest BCUT2D eigenvalue weighted by atomic mass is 10.1. The van der Waals surface area contributed by atoms with Crippen LogP contribution in [-0.2, 0) is 9.47 Å². The predicted molar refractivity (Wildman–Crippen MR) is 150 cm³/mol. The molecule has 0 saturated carbocycles. The molecule has 2 amide bonds. The minimum absolute atomic E-state index is 0.361. The molecule has 2 aromatic heterocycles. The lowest BCUT2D eigenvalue weighted by molar-refractivity contribution is 0.0518. The van der Waals surface area contributed by atoms with Gasteiger partial charge < -0.3 is 20.1 Å². The van der Waals surface area contributed by atoms with Crippen molar-refractivity contribution in [1.82, 2.24) is 20.6 Å². The standard InChI is InChI=1S/C28H36N6O4/c1-27(2,3)37-25(35)31-15-13-29-17-21-11-9-19-7-8-20-10-12-22(34-24(20)23(19)33-21)18-30-14-16-32-26(36)38-28(4,5)6/h7-12,17-18H,13-16H2,1-6H3,(H,31,35)(H,32,36). The molecule has 3 aromatic rings. The van der Waals surface area contributed by atoms with E-state index in [2.05, 4.69) is 20.6 Å². The number of amides is 2. The highest BCUT2D eigenvalue weighted by molar-refractivity contribution is 6.04. The normalized spacial score (nSPS) is 12.4. The molecule has 0 fully saturated rings. The summed E-state index contributed by atoms with van der Waals surface area (Å²) in [6, 6.07) is 11.8. The average molecular weight is 521 g/mol. The molecule has 0 atom stereocenters. The second kappa shape index (κ2) is 12.4. The van der Waals surface area contributed by atoms with Crippen LogP contribution in [0, 0.1) is 0 Å². The number of aliphatic imine (C=N–C) groups is 2. The highest BCUT2D eigenvalue weighted by Crippen LogP contribution is 2.22. The fraction of sp³-hybridized carbons (Fsp3) is 0.429. The molecule has 0 radical (unpaired) electrons. The minimum Gasteiger partial charge on any atom is -0.444 e. The molecule has 1 aromatic carbocycles. The van der Waals surface area contributed by atoms with Crippen LogP contribution in [0.2, 0.25) is 0 Å². The Kier molecular flexibility index (Phi) is 9.33. The van der Waals surface area contributed by atoms with Crippen molar-refractivity contribution in [3.8, 4) is 0 Å². The summed E-state index contributed by atoms with van der Waals surface area (Å²) in [5, 5.41) is 7.28. The van der Waals surface area contributed by atoms with Gasteiger partial charge in [-0.25, -0.2) is 19.6 Å². The summed E-state index contributed by atoms with van der Waals surface area (Å²) in [6.07, 6.45) is 2.43. The summed E-state index contributed by atoms with van der Waals surface area (Å²) in [7, 11) is 0. The number of fused-ring (bicyclic) bond motifs is 3. The maximum atomic E-state index is 11.7. The largest absolute Gasteiger partial charge is 0.444 e. The van der Waals surface area contributed by atoms with Gasteiger partial charge in [-0.3, -0.25) is 9.98 Å². The Morgan fingerprint density at radius 1 is 0.711 bits per heavy atom. The predicted octanol–water partition coefficient (Wildman–Crippen LogP) is 4.67.